The molecule has 2 rings (SSSR count). The van der Waals surface area contributed by atoms with Gasteiger partial charge in [-0.25, -0.2) is 0 Å². The Hall–Kier alpha value is -1.39. The van der Waals surface area contributed by atoms with Gasteiger partial charge >= 0.3 is 0 Å². The minimum Gasteiger partial charge on any atom is -0.369 e. The van der Waals surface area contributed by atoms with Crippen LogP contribution in [0.3, 0.4) is 0 Å². The number of amides is 1. The lowest BCUT2D eigenvalue weighted by molar-refractivity contribution is -0.147. The summed E-state index contributed by atoms with van der Waals surface area (Å²) < 4.78 is 5.73. The topological polar surface area (TPSA) is 32.8 Å². The average Bonchev–Trinajstić information content (AvgIpc) is 2.55. The Kier molecular flexibility index (Phi) is 7.25. The molecule has 0 saturated carbocycles. The van der Waals surface area contributed by atoms with E-state index in [1.165, 1.54) is 5.56 Å². The highest BCUT2D eigenvalue weighted by molar-refractivity contribution is 5.81. The van der Waals surface area contributed by atoms with E-state index in [0.717, 1.165) is 32.6 Å². The van der Waals surface area contributed by atoms with Crippen molar-refractivity contribution in [1.82, 2.24) is 9.80 Å². The van der Waals surface area contributed by atoms with Gasteiger partial charge in [0.25, 0.3) is 5.91 Å². The molecule has 2 atom stereocenters. The molecule has 1 saturated heterocycles. The summed E-state index contributed by atoms with van der Waals surface area (Å²) >= 11 is 0. The fourth-order valence-corrected chi connectivity index (χ4v) is 3.13. The molecule has 1 aliphatic rings. The second-order valence-electron chi connectivity index (χ2n) is 7.30. The highest BCUT2D eigenvalue weighted by atomic mass is 16.5. The monoisotopic (exact) mass is 332 g/mol. The van der Waals surface area contributed by atoms with E-state index < -0.39 is 0 Å². The predicted molar refractivity (Wildman–Crippen MR) is 97.8 cm³/mol. The fraction of sp³-hybridized carbons (Fsp3) is 0.650. The zero-order valence-corrected chi connectivity index (χ0v) is 15.6. The van der Waals surface area contributed by atoms with Crippen molar-refractivity contribution >= 4 is 5.91 Å². The van der Waals surface area contributed by atoms with E-state index >= 15 is 0 Å². The predicted octanol–water partition coefficient (Wildman–Crippen LogP) is 3.17. The van der Waals surface area contributed by atoms with E-state index in [9.17, 15) is 4.79 Å². The van der Waals surface area contributed by atoms with Crippen LogP contribution in [0.4, 0.5) is 0 Å². The van der Waals surface area contributed by atoms with Crippen LogP contribution in [0.15, 0.2) is 30.3 Å². The SMILES string of the molecule is CC(C)CCOC(C)C(=O)N1CCN(Cc2ccccc2)C[C@H]1C. The third kappa shape index (κ3) is 5.60. The minimum absolute atomic E-state index is 0.130. The third-order valence-electron chi connectivity index (χ3n) is 4.65. The molecule has 134 valence electrons. The number of hydrogen-bond donors (Lipinski definition) is 0. The number of rotatable bonds is 7. The van der Waals surface area contributed by atoms with Crippen LogP contribution in [0.25, 0.3) is 0 Å². The van der Waals surface area contributed by atoms with Gasteiger partial charge in [-0.2, -0.15) is 0 Å². The normalized spacial score (nSPS) is 20.4. The summed E-state index contributed by atoms with van der Waals surface area (Å²) in [5.41, 5.74) is 1.33. The maximum atomic E-state index is 12.6. The minimum atomic E-state index is -0.341. The summed E-state index contributed by atoms with van der Waals surface area (Å²) in [5, 5.41) is 0. The number of nitrogens with zero attached hydrogens (tertiary/aromatic N) is 2. The highest BCUT2D eigenvalue weighted by Gasteiger charge is 2.30. The van der Waals surface area contributed by atoms with Crippen LogP contribution in [-0.2, 0) is 16.1 Å². The van der Waals surface area contributed by atoms with Crippen molar-refractivity contribution in [2.24, 2.45) is 5.92 Å². The number of ether oxygens (including phenoxy) is 1. The average molecular weight is 332 g/mol. The number of carbonyl (C=O) groups excluding carboxylic acids is 1. The van der Waals surface area contributed by atoms with Crippen molar-refractivity contribution in [1.29, 1.82) is 0 Å². The molecule has 1 unspecified atom stereocenters. The van der Waals surface area contributed by atoms with Crippen molar-refractivity contribution in [3.8, 4) is 0 Å². The zero-order valence-electron chi connectivity index (χ0n) is 15.6. The molecular formula is C20H32N2O2. The lowest BCUT2D eigenvalue weighted by Crippen LogP contribution is -2.55. The van der Waals surface area contributed by atoms with Gasteiger partial charge in [0.1, 0.15) is 6.10 Å². The summed E-state index contributed by atoms with van der Waals surface area (Å²) in [4.78, 5) is 17.0. The van der Waals surface area contributed by atoms with Crippen LogP contribution < -0.4 is 0 Å². The molecule has 0 aliphatic carbocycles. The van der Waals surface area contributed by atoms with Crippen molar-refractivity contribution in [3.63, 3.8) is 0 Å². The summed E-state index contributed by atoms with van der Waals surface area (Å²) in [5.74, 6) is 0.735. The smallest absolute Gasteiger partial charge is 0.251 e. The molecule has 0 spiro atoms. The molecule has 0 aromatic heterocycles. The van der Waals surface area contributed by atoms with Gasteiger partial charge in [-0.15, -0.1) is 0 Å². The van der Waals surface area contributed by atoms with Crippen LogP contribution in [0.5, 0.6) is 0 Å². The second kappa shape index (κ2) is 9.19. The Morgan fingerprint density at radius 1 is 1.21 bits per heavy atom. The first-order valence-electron chi connectivity index (χ1n) is 9.15. The number of hydrogen-bond acceptors (Lipinski definition) is 3. The molecule has 1 aromatic rings. The number of benzene rings is 1. The lowest BCUT2D eigenvalue weighted by Gasteiger charge is -2.40. The second-order valence-corrected chi connectivity index (χ2v) is 7.30. The molecule has 1 aromatic carbocycles. The van der Waals surface area contributed by atoms with E-state index in [4.69, 9.17) is 4.74 Å². The summed E-state index contributed by atoms with van der Waals surface area (Å²) in [6.45, 7) is 12.6. The molecule has 0 radical (unpaired) electrons. The molecule has 4 heteroatoms. The first-order chi connectivity index (χ1) is 11.5. The van der Waals surface area contributed by atoms with Crippen LogP contribution >= 0.6 is 0 Å². The summed E-state index contributed by atoms with van der Waals surface area (Å²) in [6.07, 6.45) is 0.657. The number of carbonyl (C=O) groups is 1. The molecule has 0 bridgehead atoms. The van der Waals surface area contributed by atoms with E-state index in [-0.39, 0.29) is 18.1 Å². The van der Waals surface area contributed by atoms with Gasteiger partial charge in [0, 0.05) is 38.8 Å². The molecular weight excluding hydrogens is 300 g/mol. The standard InChI is InChI=1S/C20H32N2O2/c1-16(2)10-13-24-18(4)20(23)22-12-11-21(14-17(22)3)15-19-8-6-5-7-9-19/h5-9,16-18H,10-15H2,1-4H3/t17-,18?/m1/s1. The zero-order chi connectivity index (χ0) is 17.5. The van der Waals surface area contributed by atoms with Gasteiger partial charge in [-0.3, -0.25) is 9.69 Å². The van der Waals surface area contributed by atoms with Crippen molar-refractivity contribution in [2.45, 2.75) is 52.8 Å². The van der Waals surface area contributed by atoms with Crippen molar-refractivity contribution < 1.29 is 9.53 Å². The third-order valence-corrected chi connectivity index (χ3v) is 4.65. The Morgan fingerprint density at radius 2 is 1.92 bits per heavy atom. The number of piperazine rings is 1. The molecule has 1 amide bonds. The first-order valence-corrected chi connectivity index (χ1v) is 9.15. The van der Waals surface area contributed by atoms with Crippen LogP contribution in [-0.4, -0.2) is 54.1 Å². The largest absolute Gasteiger partial charge is 0.369 e. The summed E-state index contributed by atoms with van der Waals surface area (Å²) in [7, 11) is 0. The Morgan fingerprint density at radius 3 is 2.54 bits per heavy atom. The molecule has 1 aliphatic heterocycles. The van der Waals surface area contributed by atoms with Crippen molar-refractivity contribution in [2.75, 3.05) is 26.2 Å². The van der Waals surface area contributed by atoms with Crippen LogP contribution in [0, 0.1) is 5.92 Å². The molecule has 4 nitrogen and oxygen atoms in total. The van der Waals surface area contributed by atoms with Crippen LogP contribution in [0.1, 0.15) is 39.7 Å². The van der Waals surface area contributed by atoms with Gasteiger partial charge in [-0.1, -0.05) is 44.2 Å². The highest BCUT2D eigenvalue weighted by Crippen LogP contribution is 2.15. The van der Waals surface area contributed by atoms with Gasteiger partial charge in [-0.05, 0) is 31.7 Å². The Bertz CT molecular complexity index is 504. The Balaban J connectivity index is 1.80. The molecule has 1 fully saturated rings. The van der Waals surface area contributed by atoms with Gasteiger partial charge < -0.3 is 9.64 Å². The van der Waals surface area contributed by atoms with Crippen LogP contribution in [0.2, 0.25) is 0 Å². The molecule has 24 heavy (non-hydrogen) atoms. The van der Waals surface area contributed by atoms with E-state index in [2.05, 4.69) is 49.9 Å². The first kappa shape index (κ1) is 18.9. The maximum Gasteiger partial charge on any atom is 0.251 e. The Labute approximate surface area is 146 Å². The van der Waals surface area contributed by atoms with E-state index in [1.807, 2.05) is 17.9 Å². The lowest BCUT2D eigenvalue weighted by atomic mass is 10.1. The molecule has 0 N–H and O–H groups in total. The van der Waals surface area contributed by atoms with Crippen molar-refractivity contribution in [3.05, 3.63) is 35.9 Å². The van der Waals surface area contributed by atoms with E-state index in [1.54, 1.807) is 0 Å². The van der Waals surface area contributed by atoms with Gasteiger partial charge in [0.2, 0.25) is 0 Å². The maximum absolute atomic E-state index is 12.6. The van der Waals surface area contributed by atoms with Gasteiger partial charge in [0.15, 0.2) is 0 Å². The molecule has 1 heterocycles. The fourth-order valence-electron chi connectivity index (χ4n) is 3.13. The van der Waals surface area contributed by atoms with E-state index in [0.29, 0.717) is 12.5 Å². The summed E-state index contributed by atoms with van der Waals surface area (Å²) in [6, 6.07) is 10.7. The quantitative estimate of drug-likeness (QED) is 0.769. The van der Waals surface area contributed by atoms with Gasteiger partial charge in [0.05, 0.1) is 0 Å².